The lowest BCUT2D eigenvalue weighted by atomic mass is 10.1. The van der Waals surface area contributed by atoms with Gasteiger partial charge in [-0.1, -0.05) is 30.7 Å². The zero-order chi connectivity index (χ0) is 9.84. The predicted octanol–water partition coefficient (Wildman–Crippen LogP) is 3.11. The van der Waals surface area contributed by atoms with E-state index in [4.69, 9.17) is 11.6 Å². The molecule has 1 aromatic rings. The van der Waals surface area contributed by atoms with Crippen molar-refractivity contribution in [2.45, 2.75) is 19.5 Å². The molecule has 70 valence electrons. The van der Waals surface area contributed by atoms with Crippen molar-refractivity contribution >= 4 is 17.9 Å². The molecule has 1 unspecified atom stereocenters. The second-order valence-corrected chi connectivity index (χ2v) is 3.15. The molecule has 1 atom stereocenters. The summed E-state index contributed by atoms with van der Waals surface area (Å²) in [6.45, 7) is 1.97. The molecular weight excluding hydrogens is 191 g/mol. The molecule has 0 N–H and O–H groups in total. The highest BCUT2D eigenvalue weighted by atomic mass is 35.5. The van der Waals surface area contributed by atoms with E-state index in [0.29, 0.717) is 10.6 Å². The van der Waals surface area contributed by atoms with Gasteiger partial charge in [-0.25, -0.2) is 4.39 Å². The summed E-state index contributed by atoms with van der Waals surface area (Å²) in [4.78, 5) is 10.2. The van der Waals surface area contributed by atoms with Gasteiger partial charge in [0.1, 0.15) is 0 Å². The molecular formula is C10H10ClFO. The van der Waals surface area contributed by atoms with Crippen LogP contribution >= 0.6 is 11.6 Å². The zero-order valence-electron chi connectivity index (χ0n) is 7.26. The quantitative estimate of drug-likeness (QED) is 0.686. The standard InChI is InChI=1S/C10H10ClFO/c1-2-7-3-4-8(5-9(7)11)10(12)6-13/h3-6,10H,2H2,1H3. The summed E-state index contributed by atoms with van der Waals surface area (Å²) in [6.07, 6.45) is -0.502. The van der Waals surface area contributed by atoms with Gasteiger partial charge < -0.3 is 0 Å². The average molecular weight is 201 g/mol. The fourth-order valence-electron chi connectivity index (χ4n) is 1.10. The van der Waals surface area contributed by atoms with Gasteiger partial charge in [0.15, 0.2) is 12.5 Å². The van der Waals surface area contributed by atoms with E-state index in [1.54, 1.807) is 12.1 Å². The van der Waals surface area contributed by atoms with Gasteiger partial charge in [0.25, 0.3) is 0 Å². The molecule has 1 rings (SSSR count). The van der Waals surface area contributed by atoms with Crippen molar-refractivity contribution in [1.82, 2.24) is 0 Å². The molecule has 0 aliphatic rings. The van der Waals surface area contributed by atoms with Gasteiger partial charge in [-0.15, -0.1) is 0 Å². The lowest BCUT2D eigenvalue weighted by molar-refractivity contribution is -0.112. The molecule has 13 heavy (non-hydrogen) atoms. The summed E-state index contributed by atoms with van der Waals surface area (Å²) in [5.74, 6) is 0. The first-order valence-electron chi connectivity index (χ1n) is 4.06. The summed E-state index contributed by atoms with van der Waals surface area (Å²) in [5, 5.41) is 0.518. The first-order valence-corrected chi connectivity index (χ1v) is 4.44. The molecule has 1 nitrogen and oxygen atoms in total. The molecule has 0 spiro atoms. The molecule has 0 fully saturated rings. The van der Waals surface area contributed by atoms with E-state index in [1.165, 1.54) is 6.07 Å². The van der Waals surface area contributed by atoms with Crippen molar-refractivity contribution in [1.29, 1.82) is 0 Å². The van der Waals surface area contributed by atoms with Crippen LogP contribution in [0.1, 0.15) is 24.2 Å². The van der Waals surface area contributed by atoms with Gasteiger partial charge in [0, 0.05) is 5.02 Å². The fourth-order valence-corrected chi connectivity index (χ4v) is 1.42. The Hall–Kier alpha value is -0.890. The minimum Gasteiger partial charge on any atom is -0.300 e. The van der Waals surface area contributed by atoms with E-state index in [1.807, 2.05) is 6.92 Å². The number of carbonyl (C=O) groups is 1. The van der Waals surface area contributed by atoms with Crippen molar-refractivity contribution in [3.8, 4) is 0 Å². The molecule has 0 aliphatic carbocycles. The second kappa shape index (κ2) is 4.38. The third-order valence-corrected chi connectivity index (χ3v) is 2.25. The van der Waals surface area contributed by atoms with Crippen LogP contribution in [-0.2, 0) is 11.2 Å². The molecule has 0 aliphatic heterocycles. The lowest BCUT2D eigenvalue weighted by Crippen LogP contribution is -1.93. The zero-order valence-corrected chi connectivity index (χ0v) is 8.01. The van der Waals surface area contributed by atoms with Crippen LogP contribution < -0.4 is 0 Å². The first-order chi connectivity index (χ1) is 6.19. The van der Waals surface area contributed by atoms with Gasteiger partial charge in [0.05, 0.1) is 0 Å². The van der Waals surface area contributed by atoms with E-state index < -0.39 is 6.17 Å². The van der Waals surface area contributed by atoms with Crippen molar-refractivity contribution in [3.63, 3.8) is 0 Å². The van der Waals surface area contributed by atoms with E-state index in [-0.39, 0.29) is 6.29 Å². The Labute approximate surface area is 81.5 Å². The Morgan fingerprint density at radius 1 is 1.62 bits per heavy atom. The molecule has 0 saturated heterocycles. The Balaban J connectivity index is 3.02. The highest BCUT2D eigenvalue weighted by molar-refractivity contribution is 6.31. The van der Waals surface area contributed by atoms with E-state index in [9.17, 15) is 9.18 Å². The van der Waals surface area contributed by atoms with Crippen LogP contribution in [-0.4, -0.2) is 6.29 Å². The number of aldehydes is 1. The maximum absolute atomic E-state index is 12.9. The van der Waals surface area contributed by atoms with Crippen LogP contribution in [0.25, 0.3) is 0 Å². The minimum absolute atomic E-state index is 0.261. The number of hydrogen-bond acceptors (Lipinski definition) is 1. The maximum Gasteiger partial charge on any atom is 0.180 e. The Kier molecular flexibility index (Phi) is 3.43. The van der Waals surface area contributed by atoms with Gasteiger partial charge in [-0.05, 0) is 23.6 Å². The molecule has 0 saturated carbocycles. The van der Waals surface area contributed by atoms with Crippen LogP contribution in [0.15, 0.2) is 18.2 Å². The topological polar surface area (TPSA) is 17.1 Å². The molecule has 0 amide bonds. The number of alkyl halides is 1. The molecule has 0 bridgehead atoms. The summed E-state index contributed by atoms with van der Waals surface area (Å²) in [7, 11) is 0. The average Bonchev–Trinajstić information content (AvgIpc) is 2.16. The van der Waals surface area contributed by atoms with Crippen molar-refractivity contribution in [3.05, 3.63) is 34.3 Å². The predicted molar refractivity (Wildman–Crippen MR) is 50.7 cm³/mol. The third kappa shape index (κ3) is 2.28. The monoisotopic (exact) mass is 200 g/mol. The van der Waals surface area contributed by atoms with Crippen molar-refractivity contribution in [2.24, 2.45) is 0 Å². The first kappa shape index (κ1) is 10.2. The summed E-state index contributed by atoms with van der Waals surface area (Å²) in [6, 6.07) is 4.83. The van der Waals surface area contributed by atoms with Crippen LogP contribution in [0.4, 0.5) is 4.39 Å². The molecule has 0 aromatic heterocycles. The summed E-state index contributed by atoms with van der Waals surface area (Å²) >= 11 is 5.85. The van der Waals surface area contributed by atoms with E-state index in [0.717, 1.165) is 12.0 Å². The van der Waals surface area contributed by atoms with Crippen molar-refractivity contribution in [2.75, 3.05) is 0 Å². The Bertz CT molecular complexity index is 312. The molecule has 1 aromatic carbocycles. The number of carbonyl (C=O) groups excluding carboxylic acids is 1. The summed E-state index contributed by atoms with van der Waals surface area (Å²) in [5.41, 5.74) is 1.28. The third-order valence-electron chi connectivity index (χ3n) is 1.90. The molecule has 3 heteroatoms. The number of benzene rings is 1. The SMILES string of the molecule is CCc1ccc(C(F)C=O)cc1Cl. The number of halogens is 2. The Morgan fingerprint density at radius 3 is 2.77 bits per heavy atom. The van der Waals surface area contributed by atoms with Crippen LogP contribution in [0.5, 0.6) is 0 Å². The largest absolute Gasteiger partial charge is 0.300 e. The summed E-state index contributed by atoms with van der Waals surface area (Å²) < 4.78 is 12.9. The second-order valence-electron chi connectivity index (χ2n) is 2.74. The Morgan fingerprint density at radius 2 is 2.31 bits per heavy atom. The van der Waals surface area contributed by atoms with E-state index in [2.05, 4.69) is 0 Å². The highest BCUT2D eigenvalue weighted by Crippen LogP contribution is 2.23. The van der Waals surface area contributed by atoms with Crippen LogP contribution in [0, 0.1) is 0 Å². The normalized spacial score (nSPS) is 12.5. The van der Waals surface area contributed by atoms with Crippen LogP contribution in [0.3, 0.4) is 0 Å². The van der Waals surface area contributed by atoms with Gasteiger partial charge in [-0.2, -0.15) is 0 Å². The lowest BCUT2D eigenvalue weighted by Gasteiger charge is -2.04. The maximum atomic E-state index is 12.9. The number of rotatable bonds is 3. The number of aryl methyl sites for hydroxylation is 1. The molecule has 0 heterocycles. The van der Waals surface area contributed by atoms with Crippen molar-refractivity contribution < 1.29 is 9.18 Å². The van der Waals surface area contributed by atoms with Gasteiger partial charge in [0.2, 0.25) is 0 Å². The molecule has 0 radical (unpaired) electrons. The van der Waals surface area contributed by atoms with E-state index >= 15 is 0 Å². The fraction of sp³-hybridized carbons (Fsp3) is 0.300. The smallest absolute Gasteiger partial charge is 0.180 e. The highest BCUT2D eigenvalue weighted by Gasteiger charge is 2.09. The van der Waals surface area contributed by atoms with Gasteiger partial charge >= 0.3 is 0 Å². The van der Waals surface area contributed by atoms with Crippen LogP contribution in [0.2, 0.25) is 5.02 Å². The van der Waals surface area contributed by atoms with Gasteiger partial charge in [-0.3, -0.25) is 4.79 Å². The minimum atomic E-state index is -1.57. The number of hydrogen-bond donors (Lipinski definition) is 0.